The first-order chi connectivity index (χ1) is 16.0. The van der Waals surface area contributed by atoms with Gasteiger partial charge < -0.3 is 18.8 Å². The normalized spacial score (nSPS) is 15.3. The van der Waals surface area contributed by atoms with Gasteiger partial charge in [-0.15, -0.1) is 0 Å². The molecular formula is C27H31NO5. The van der Waals surface area contributed by atoms with Crippen LogP contribution in [0.3, 0.4) is 0 Å². The summed E-state index contributed by atoms with van der Waals surface area (Å²) in [6.45, 7) is 5.77. The monoisotopic (exact) mass is 449 g/mol. The molecule has 2 aromatic carbocycles. The molecule has 1 atom stereocenters. The van der Waals surface area contributed by atoms with Gasteiger partial charge in [0.15, 0.2) is 5.43 Å². The van der Waals surface area contributed by atoms with Crippen LogP contribution < -0.4 is 10.2 Å². The summed E-state index contributed by atoms with van der Waals surface area (Å²) in [4.78, 5) is 28.6. The second-order valence-corrected chi connectivity index (χ2v) is 8.55. The van der Waals surface area contributed by atoms with Gasteiger partial charge in [0.25, 0.3) is 5.91 Å². The highest BCUT2D eigenvalue weighted by Crippen LogP contribution is 2.38. The molecule has 3 aromatic rings. The van der Waals surface area contributed by atoms with Crippen molar-refractivity contribution in [2.75, 3.05) is 26.9 Å². The summed E-state index contributed by atoms with van der Waals surface area (Å²) >= 11 is 0. The van der Waals surface area contributed by atoms with Gasteiger partial charge in [-0.05, 0) is 49.6 Å². The van der Waals surface area contributed by atoms with Crippen LogP contribution in [0.5, 0.6) is 5.75 Å². The molecule has 6 heteroatoms. The third-order valence-corrected chi connectivity index (χ3v) is 6.08. The van der Waals surface area contributed by atoms with E-state index in [1.165, 1.54) is 0 Å². The van der Waals surface area contributed by atoms with E-state index >= 15 is 0 Å². The summed E-state index contributed by atoms with van der Waals surface area (Å²) in [6, 6.07) is 12.6. The number of aryl methyl sites for hydroxylation is 1. The third kappa shape index (κ3) is 4.67. The van der Waals surface area contributed by atoms with Crippen molar-refractivity contribution in [3.05, 3.63) is 75.1 Å². The van der Waals surface area contributed by atoms with E-state index in [9.17, 15) is 9.59 Å². The highest BCUT2D eigenvalue weighted by Gasteiger charge is 2.42. The summed E-state index contributed by atoms with van der Waals surface area (Å²) in [5.74, 6) is 0.663. The molecular weight excluding hydrogens is 418 g/mol. The van der Waals surface area contributed by atoms with Crippen molar-refractivity contribution in [3.8, 4) is 5.75 Å². The Bertz CT molecular complexity index is 1180. The molecule has 174 valence electrons. The topological polar surface area (TPSA) is 69.0 Å². The van der Waals surface area contributed by atoms with Crippen LogP contribution in [0.25, 0.3) is 11.0 Å². The molecule has 1 amide bonds. The molecule has 0 saturated carbocycles. The number of unbranched alkanes of at least 4 members (excludes halogenated alkanes) is 2. The van der Waals surface area contributed by atoms with Crippen molar-refractivity contribution in [2.45, 2.75) is 45.6 Å². The van der Waals surface area contributed by atoms with E-state index in [4.69, 9.17) is 13.9 Å². The number of benzene rings is 2. The Morgan fingerprint density at radius 1 is 1.00 bits per heavy atom. The summed E-state index contributed by atoms with van der Waals surface area (Å²) in [6.07, 6.45) is 3.97. The fraction of sp³-hybridized carbons (Fsp3) is 0.407. The lowest BCUT2D eigenvalue weighted by Gasteiger charge is -2.25. The minimum atomic E-state index is -0.500. The first-order valence-electron chi connectivity index (χ1n) is 11.6. The van der Waals surface area contributed by atoms with Crippen molar-refractivity contribution in [1.82, 2.24) is 4.90 Å². The Morgan fingerprint density at radius 3 is 2.52 bits per heavy atom. The second-order valence-electron chi connectivity index (χ2n) is 8.55. The highest BCUT2D eigenvalue weighted by molar-refractivity contribution is 5.99. The van der Waals surface area contributed by atoms with Gasteiger partial charge in [-0.1, -0.05) is 43.5 Å². The van der Waals surface area contributed by atoms with Crippen LogP contribution >= 0.6 is 0 Å². The number of hydrogen-bond donors (Lipinski definition) is 0. The zero-order chi connectivity index (χ0) is 23.4. The van der Waals surface area contributed by atoms with Gasteiger partial charge in [0.2, 0.25) is 5.76 Å². The van der Waals surface area contributed by atoms with E-state index in [0.29, 0.717) is 42.7 Å². The number of amides is 1. The van der Waals surface area contributed by atoms with Crippen molar-refractivity contribution in [3.63, 3.8) is 0 Å². The minimum absolute atomic E-state index is 0.138. The maximum Gasteiger partial charge on any atom is 0.290 e. The van der Waals surface area contributed by atoms with E-state index in [1.54, 1.807) is 18.1 Å². The maximum atomic E-state index is 13.6. The fourth-order valence-electron chi connectivity index (χ4n) is 4.38. The smallest absolute Gasteiger partial charge is 0.290 e. The average Bonchev–Trinajstić information content (AvgIpc) is 3.10. The molecule has 4 rings (SSSR count). The largest absolute Gasteiger partial charge is 0.494 e. The summed E-state index contributed by atoms with van der Waals surface area (Å²) in [5.41, 5.74) is 2.53. The molecule has 0 fully saturated rings. The molecule has 0 N–H and O–H groups in total. The number of fused-ring (bicyclic) bond motifs is 2. The lowest BCUT2D eigenvalue weighted by molar-refractivity contribution is 0.0708. The van der Waals surface area contributed by atoms with E-state index in [1.807, 2.05) is 43.3 Å². The van der Waals surface area contributed by atoms with Crippen molar-refractivity contribution in [2.24, 2.45) is 0 Å². The lowest BCUT2D eigenvalue weighted by atomic mass is 9.98. The van der Waals surface area contributed by atoms with Crippen LogP contribution in [0.4, 0.5) is 0 Å². The van der Waals surface area contributed by atoms with E-state index < -0.39 is 6.04 Å². The Labute approximate surface area is 194 Å². The lowest BCUT2D eigenvalue weighted by Crippen LogP contribution is -2.31. The summed E-state index contributed by atoms with van der Waals surface area (Å²) < 4.78 is 17.0. The van der Waals surface area contributed by atoms with Crippen LogP contribution in [0.15, 0.2) is 51.7 Å². The number of nitrogens with zero attached hydrogens (tertiary/aromatic N) is 1. The van der Waals surface area contributed by atoms with E-state index in [0.717, 1.165) is 36.1 Å². The number of hydrogen-bond acceptors (Lipinski definition) is 5. The van der Waals surface area contributed by atoms with Crippen LogP contribution in [-0.2, 0) is 4.74 Å². The Balaban J connectivity index is 1.73. The molecule has 1 aromatic heterocycles. The Morgan fingerprint density at radius 2 is 1.79 bits per heavy atom. The van der Waals surface area contributed by atoms with Crippen molar-refractivity contribution in [1.29, 1.82) is 0 Å². The average molecular weight is 450 g/mol. The highest BCUT2D eigenvalue weighted by atomic mass is 16.5. The first kappa shape index (κ1) is 23.1. The molecule has 1 aliphatic rings. The molecule has 0 spiro atoms. The van der Waals surface area contributed by atoms with Crippen molar-refractivity contribution < 1.29 is 18.7 Å². The predicted octanol–water partition coefficient (Wildman–Crippen LogP) is 5.25. The molecule has 2 heterocycles. The molecule has 1 unspecified atom stereocenters. The van der Waals surface area contributed by atoms with Gasteiger partial charge in [-0.2, -0.15) is 0 Å². The summed E-state index contributed by atoms with van der Waals surface area (Å²) in [5, 5.41) is 0.501. The number of ether oxygens (including phenoxy) is 2. The zero-order valence-electron chi connectivity index (χ0n) is 19.6. The number of methoxy groups -OCH3 is 1. The van der Waals surface area contributed by atoms with Gasteiger partial charge in [-0.3, -0.25) is 9.59 Å². The van der Waals surface area contributed by atoms with Crippen molar-refractivity contribution >= 4 is 16.9 Å². The molecule has 0 aliphatic carbocycles. The maximum absolute atomic E-state index is 13.6. The second kappa shape index (κ2) is 10.2. The van der Waals surface area contributed by atoms with E-state index in [-0.39, 0.29) is 17.1 Å². The zero-order valence-corrected chi connectivity index (χ0v) is 19.6. The molecule has 0 bridgehead atoms. The molecule has 0 saturated heterocycles. The predicted molar refractivity (Wildman–Crippen MR) is 128 cm³/mol. The quantitative estimate of drug-likeness (QED) is 0.395. The molecule has 33 heavy (non-hydrogen) atoms. The Hall–Kier alpha value is -3.12. The first-order valence-corrected chi connectivity index (χ1v) is 11.6. The van der Waals surface area contributed by atoms with Gasteiger partial charge in [0.1, 0.15) is 11.3 Å². The number of carbonyl (C=O) groups excluding carboxylic acids is 1. The third-order valence-electron chi connectivity index (χ3n) is 6.08. The van der Waals surface area contributed by atoms with E-state index in [2.05, 4.69) is 6.92 Å². The molecule has 1 aliphatic heterocycles. The molecule has 6 nitrogen and oxygen atoms in total. The van der Waals surface area contributed by atoms with Gasteiger partial charge >= 0.3 is 0 Å². The van der Waals surface area contributed by atoms with Gasteiger partial charge in [-0.25, -0.2) is 0 Å². The molecule has 0 radical (unpaired) electrons. The van der Waals surface area contributed by atoms with Gasteiger partial charge in [0.05, 0.1) is 23.6 Å². The standard InChI is InChI=1S/C27H31NO5/c1-4-5-6-16-32-20-11-9-19(10-12-20)24-23-25(29)21-17-18(2)8-13-22(21)33-26(23)27(30)28(24)14-7-15-31-3/h8-13,17,24H,4-7,14-16H2,1-3H3. The van der Waals surface area contributed by atoms with Gasteiger partial charge in [0, 0.05) is 20.3 Å². The van der Waals surface area contributed by atoms with Crippen LogP contribution in [0, 0.1) is 6.92 Å². The number of rotatable bonds is 10. The SMILES string of the molecule is CCCCCOc1ccc(C2c3c(oc4ccc(C)cc4c3=O)C(=O)N2CCCOC)cc1. The summed E-state index contributed by atoms with van der Waals surface area (Å²) in [7, 11) is 1.64. The minimum Gasteiger partial charge on any atom is -0.494 e. The fourth-order valence-corrected chi connectivity index (χ4v) is 4.38. The Kier molecular flexibility index (Phi) is 7.14. The van der Waals surface area contributed by atoms with Crippen LogP contribution in [0.1, 0.15) is 65.9 Å². The van der Waals surface area contributed by atoms with Crippen LogP contribution in [-0.4, -0.2) is 37.7 Å². The van der Waals surface area contributed by atoms with Crippen LogP contribution in [0.2, 0.25) is 0 Å². The number of carbonyl (C=O) groups is 1.